The molecule has 0 radical (unpaired) electrons. The van der Waals surface area contributed by atoms with E-state index < -0.39 is 26.8 Å². The van der Waals surface area contributed by atoms with Gasteiger partial charge in [0.15, 0.2) is 15.6 Å². The lowest BCUT2D eigenvalue weighted by Crippen LogP contribution is -2.36. The smallest absolute Gasteiger partial charge is 0.416 e. The summed E-state index contributed by atoms with van der Waals surface area (Å²) >= 11 is 5.86. The molecule has 2 aromatic rings. The predicted molar refractivity (Wildman–Crippen MR) is 105 cm³/mol. The van der Waals surface area contributed by atoms with Crippen LogP contribution in [0.4, 0.5) is 13.2 Å². The summed E-state index contributed by atoms with van der Waals surface area (Å²) < 4.78 is 68.8. The zero-order chi connectivity index (χ0) is 22.1. The molecule has 3 rings (SSSR count). The summed E-state index contributed by atoms with van der Waals surface area (Å²) in [6.45, 7) is 0. The standard InChI is InChI=1S/C20H19ClF3NO4S/c1-29-19-10-13(9-18(21)25-19)17(26)6-5-12-7-16(8-12)30(27,28)15-4-2-3-14(11-15)20(22,23)24/h2-4,9-12,16H,5-8H2,1H3. The number of halogens is 4. The average Bonchev–Trinajstić information content (AvgIpc) is 2.65. The lowest BCUT2D eigenvalue weighted by Gasteiger charge is -2.34. The molecule has 10 heteroatoms. The van der Waals surface area contributed by atoms with E-state index in [1.54, 1.807) is 0 Å². The summed E-state index contributed by atoms with van der Waals surface area (Å²) in [6, 6.07) is 6.71. The summed E-state index contributed by atoms with van der Waals surface area (Å²) in [5.41, 5.74) is -0.629. The Balaban J connectivity index is 1.58. The first-order chi connectivity index (χ1) is 14.0. The van der Waals surface area contributed by atoms with Gasteiger partial charge >= 0.3 is 6.18 Å². The number of carbonyl (C=O) groups is 1. The molecule has 1 heterocycles. The molecule has 5 nitrogen and oxygen atoms in total. The fourth-order valence-corrected chi connectivity index (χ4v) is 5.62. The number of hydrogen-bond donors (Lipinski definition) is 0. The maximum atomic E-state index is 12.9. The van der Waals surface area contributed by atoms with Crippen molar-refractivity contribution in [3.8, 4) is 5.88 Å². The first kappa shape index (κ1) is 22.6. The first-order valence-electron chi connectivity index (χ1n) is 9.16. The summed E-state index contributed by atoms with van der Waals surface area (Å²) in [4.78, 5) is 15.9. The molecule has 1 aliphatic rings. The third-order valence-electron chi connectivity index (χ3n) is 5.20. The van der Waals surface area contributed by atoms with Gasteiger partial charge in [-0.3, -0.25) is 4.79 Å². The van der Waals surface area contributed by atoms with Crippen molar-refractivity contribution in [2.45, 2.75) is 42.0 Å². The van der Waals surface area contributed by atoms with Gasteiger partial charge in [0, 0.05) is 18.1 Å². The van der Waals surface area contributed by atoms with Gasteiger partial charge in [0.1, 0.15) is 5.15 Å². The van der Waals surface area contributed by atoms with E-state index in [9.17, 15) is 26.4 Å². The van der Waals surface area contributed by atoms with Crippen molar-refractivity contribution in [3.63, 3.8) is 0 Å². The van der Waals surface area contributed by atoms with Gasteiger partial charge in [-0.05, 0) is 49.4 Å². The Morgan fingerprint density at radius 3 is 2.57 bits per heavy atom. The third kappa shape index (κ3) is 4.95. The molecule has 1 fully saturated rings. The van der Waals surface area contributed by atoms with Crippen LogP contribution in [0.5, 0.6) is 5.88 Å². The maximum absolute atomic E-state index is 12.9. The van der Waals surface area contributed by atoms with Crippen LogP contribution in [0.1, 0.15) is 41.6 Å². The summed E-state index contributed by atoms with van der Waals surface area (Å²) in [7, 11) is -2.44. The van der Waals surface area contributed by atoms with Crippen LogP contribution in [0.15, 0.2) is 41.3 Å². The monoisotopic (exact) mass is 461 g/mol. The SMILES string of the molecule is COc1cc(C(=O)CCC2CC(S(=O)(=O)c3cccc(C(F)(F)F)c3)C2)cc(Cl)n1. The van der Waals surface area contributed by atoms with E-state index in [2.05, 4.69) is 4.98 Å². The number of pyridine rings is 1. The molecule has 1 saturated carbocycles. The van der Waals surface area contributed by atoms with E-state index in [0.717, 1.165) is 12.1 Å². The van der Waals surface area contributed by atoms with Crippen LogP contribution in [-0.4, -0.2) is 31.5 Å². The molecule has 162 valence electrons. The third-order valence-corrected chi connectivity index (χ3v) is 7.57. The highest BCUT2D eigenvalue weighted by atomic mass is 35.5. The fourth-order valence-electron chi connectivity index (χ4n) is 3.42. The molecule has 1 aromatic carbocycles. The number of alkyl halides is 3. The Hall–Kier alpha value is -2.13. The van der Waals surface area contributed by atoms with E-state index in [0.29, 0.717) is 30.9 Å². The Kier molecular flexibility index (Phi) is 6.43. The second-order valence-electron chi connectivity index (χ2n) is 7.21. The fraction of sp³-hybridized carbons (Fsp3) is 0.400. The van der Waals surface area contributed by atoms with Crippen LogP contribution in [0.3, 0.4) is 0 Å². The molecule has 0 bridgehead atoms. The average molecular weight is 462 g/mol. The van der Waals surface area contributed by atoms with Gasteiger partial charge in [-0.2, -0.15) is 13.2 Å². The van der Waals surface area contributed by atoms with Crippen molar-refractivity contribution in [1.29, 1.82) is 0 Å². The summed E-state index contributed by atoms with van der Waals surface area (Å²) in [5.74, 6) is 0.0715. The highest BCUT2D eigenvalue weighted by Crippen LogP contribution is 2.40. The molecular weight excluding hydrogens is 443 g/mol. The number of rotatable bonds is 7. The molecule has 1 aliphatic carbocycles. The van der Waals surface area contributed by atoms with E-state index in [-0.39, 0.29) is 34.1 Å². The number of Topliss-reactive ketones (excluding diaryl/α,β-unsaturated/α-hetero) is 1. The van der Waals surface area contributed by atoms with E-state index in [4.69, 9.17) is 16.3 Å². The van der Waals surface area contributed by atoms with Crippen molar-refractivity contribution in [2.24, 2.45) is 5.92 Å². The molecule has 1 aromatic heterocycles. The number of nitrogens with zero attached hydrogens (tertiary/aromatic N) is 1. The summed E-state index contributed by atoms with van der Waals surface area (Å²) in [6.07, 6.45) is -3.30. The van der Waals surface area contributed by atoms with Gasteiger partial charge in [-0.1, -0.05) is 17.7 Å². The Morgan fingerprint density at radius 1 is 1.23 bits per heavy atom. The zero-order valence-electron chi connectivity index (χ0n) is 15.9. The number of sulfone groups is 1. The highest BCUT2D eigenvalue weighted by molar-refractivity contribution is 7.92. The van der Waals surface area contributed by atoms with Crippen molar-refractivity contribution < 1.29 is 31.1 Å². The van der Waals surface area contributed by atoms with Gasteiger partial charge in [0.2, 0.25) is 5.88 Å². The Labute approximate surface area is 177 Å². The molecule has 0 spiro atoms. The maximum Gasteiger partial charge on any atom is 0.416 e. The van der Waals surface area contributed by atoms with Crippen molar-refractivity contribution in [3.05, 3.63) is 52.7 Å². The van der Waals surface area contributed by atoms with E-state index >= 15 is 0 Å². The van der Waals surface area contributed by atoms with Crippen LogP contribution < -0.4 is 4.74 Å². The minimum Gasteiger partial charge on any atom is -0.481 e. The number of ether oxygens (including phenoxy) is 1. The van der Waals surface area contributed by atoms with Gasteiger partial charge in [0.25, 0.3) is 0 Å². The molecule has 0 N–H and O–H groups in total. The Morgan fingerprint density at radius 2 is 1.93 bits per heavy atom. The highest BCUT2D eigenvalue weighted by Gasteiger charge is 2.40. The zero-order valence-corrected chi connectivity index (χ0v) is 17.5. The number of benzene rings is 1. The molecule has 0 unspecified atom stereocenters. The van der Waals surface area contributed by atoms with Gasteiger partial charge in [-0.15, -0.1) is 0 Å². The first-order valence-corrected chi connectivity index (χ1v) is 11.1. The van der Waals surface area contributed by atoms with Crippen molar-refractivity contribution in [1.82, 2.24) is 4.98 Å². The number of hydrogen-bond acceptors (Lipinski definition) is 5. The second-order valence-corrected chi connectivity index (χ2v) is 9.83. The van der Waals surface area contributed by atoms with Crippen LogP contribution in [-0.2, 0) is 16.0 Å². The summed E-state index contributed by atoms with van der Waals surface area (Å²) in [5, 5.41) is -0.606. The van der Waals surface area contributed by atoms with E-state index in [1.807, 2.05) is 0 Å². The van der Waals surface area contributed by atoms with Crippen molar-refractivity contribution in [2.75, 3.05) is 7.11 Å². The van der Waals surface area contributed by atoms with Gasteiger partial charge in [-0.25, -0.2) is 13.4 Å². The largest absolute Gasteiger partial charge is 0.481 e. The quantitative estimate of drug-likeness (QED) is 0.429. The van der Waals surface area contributed by atoms with Crippen LogP contribution in [0.25, 0.3) is 0 Å². The van der Waals surface area contributed by atoms with Crippen LogP contribution in [0.2, 0.25) is 5.15 Å². The minimum absolute atomic E-state index is 0.0127. The van der Waals surface area contributed by atoms with Gasteiger partial charge < -0.3 is 4.74 Å². The number of methoxy groups -OCH3 is 1. The Bertz CT molecular complexity index is 1050. The molecule has 30 heavy (non-hydrogen) atoms. The molecule has 0 aliphatic heterocycles. The predicted octanol–water partition coefficient (Wildman–Crippen LogP) is 4.98. The molecule has 0 amide bonds. The van der Waals surface area contributed by atoms with Crippen LogP contribution in [0, 0.1) is 5.92 Å². The number of carbonyl (C=O) groups excluding carboxylic acids is 1. The lowest BCUT2D eigenvalue weighted by molar-refractivity contribution is -0.137. The molecular formula is C20H19ClF3NO4S. The second kappa shape index (κ2) is 8.55. The van der Waals surface area contributed by atoms with Gasteiger partial charge in [0.05, 0.1) is 22.8 Å². The number of ketones is 1. The van der Waals surface area contributed by atoms with E-state index in [1.165, 1.54) is 25.3 Å². The minimum atomic E-state index is -4.60. The normalized spacial score (nSPS) is 19.2. The lowest BCUT2D eigenvalue weighted by atomic mass is 9.81. The molecule has 0 saturated heterocycles. The van der Waals surface area contributed by atoms with Crippen molar-refractivity contribution >= 4 is 27.2 Å². The molecule has 0 atom stereocenters. The van der Waals surface area contributed by atoms with Crippen LogP contribution >= 0.6 is 11.6 Å². The number of aromatic nitrogens is 1. The topological polar surface area (TPSA) is 73.3 Å².